The molecule has 0 saturated carbocycles. The maximum absolute atomic E-state index is 11.3. The Morgan fingerprint density at radius 2 is 2.12 bits per heavy atom. The molecule has 0 radical (unpaired) electrons. The number of hydrogen-bond donors (Lipinski definition) is 1. The fourth-order valence-electron chi connectivity index (χ4n) is 1.63. The van der Waals surface area contributed by atoms with Crippen molar-refractivity contribution < 1.29 is 4.79 Å². The van der Waals surface area contributed by atoms with Gasteiger partial charge in [-0.3, -0.25) is 9.78 Å². The van der Waals surface area contributed by atoms with Gasteiger partial charge in [0.2, 0.25) is 0 Å². The molecule has 82 valence electrons. The Bertz CT molecular complexity index is 552. The maximum atomic E-state index is 11.3. The number of rotatable bonds is 2. The zero-order valence-corrected chi connectivity index (χ0v) is 10.4. The van der Waals surface area contributed by atoms with E-state index in [2.05, 4.69) is 20.9 Å². The molecule has 0 aliphatic heterocycles. The second-order valence-electron chi connectivity index (χ2n) is 3.59. The molecule has 0 fully saturated rings. The van der Waals surface area contributed by atoms with E-state index in [0.29, 0.717) is 11.3 Å². The molecular weight excluding hydrogens is 268 g/mol. The van der Waals surface area contributed by atoms with Gasteiger partial charge in [-0.2, -0.15) is 0 Å². The SMILES string of the molecule is C[C@@H](Br)c1nc2ccccc2cc1C(N)=O. The fourth-order valence-corrected chi connectivity index (χ4v) is 1.98. The number of halogens is 1. The summed E-state index contributed by atoms with van der Waals surface area (Å²) in [6, 6.07) is 9.45. The van der Waals surface area contributed by atoms with Crippen LogP contribution in [-0.4, -0.2) is 10.9 Å². The lowest BCUT2D eigenvalue weighted by atomic mass is 10.1. The van der Waals surface area contributed by atoms with E-state index in [9.17, 15) is 4.79 Å². The van der Waals surface area contributed by atoms with Gasteiger partial charge >= 0.3 is 0 Å². The van der Waals surface area contributed by atoms with Crippen LogP contribution in [0.4, 0.5) is 0 Å². The van der Waals surface area contributed by atoms with Gasteiger partial charge in [0, 0.05) is 5.39 Å². The normalized spacial score (nSPS) is 12.6. The summed E-state index contributed by atoms with van der Waals surface area (Å²) in [5.41, 5.74) is 7.37. The standard InChI is InChI=1S/C12H11BrN2O/c1-7(13)11-9(12(14)16)6-8-4-2-3-5-10(8)15-11/h2-7H,1H3,(H2,14,16)/t7-/m1/s1. The van der Waals surface area contributed by atoms with E-state index in [1.54, 1.807) is 6.07 Å². The van der Waals surface area contributed by atoms with Gasteiger partial charge in [0.25, 0.3) is 5.91 Å². The van der Waals surface area contributed by atoms with Crippen LogP contribution in [-0.2, 0) is 0 Å². The summed E-state index contributed by atoms with van der Waals surface area (Å²) in [5.74, 6) is -0.445. The van der Waals surface area contributed by atoms with Crippen LogP contribution in [0.1, 0.15) is 27.8 Å². The van der Waals surface area contributed by atoms with Crippen molar-refractivity contribution in [1.29, 1.82) is 0 Å². The Hall–Kier alpha value is -1.42. The van der Waals surface area contributed by atoms with Crippen LogP contribution >= 0.6 is 15.9 Å². The van der Waals surface area contributed by atoms with E-state index in [1.807, 2.05) is 31.2 Å². The molecule has 1 amide bonds. The van der Waals surface area contributed by atoms with Gasteiger partial charge in [-0.1, -0.05) is 34.1 Å². The number of nitrogens with zero attached hydrogens (tertiary/aromatic N) is 1. The summed E-state index contributed by atoms with van der Waals surface area (Å²) in [4.78, 5) is 15.8. The van der Waals surface area contributed by atoms with Crippen LogP contribution in [0.5, 0.6) is 0 Å². The van der Waals surface area contributed by atoms with Crippen LogP contribution in [0.2, 0.25) is 0 Å². The number of amides is 1. The topological polar surface area (TPSA) is 56.0 Å². The second-order valence-corrected chi connectivity index (χ2v) is 4.97. The Labute approximate surface area is 102 Å². The summed E-state index contributed by atoms with van der Waals surface area (Å²) in [5, 5.41) is 0.924. The average molecular weight is 279 g/mol. The molecule has 1 aromatic carbocycles. The van der Waals surface area contributed by atoms with Crippen LogP contribution in [0.3, 0.4) is 0 Å². The fraction of sp³-hybridized carbons (Fsp3) is 0.167. The highest BCUT2D eigenvalue weighted by Gasteiger charge is 2.14. The maximum Gasteiger partial charge on any atom is 0.250 e. The van der Waals surface area contributed by atoms with E-state index < -0.39 is 5.91 Å². The summed E-state index contributed by atoms with van der Waals surface area (Å²) >= 11 is 3.42. The van der Waals surface area contributed by atoms with Crippen molar-refractivity contribution in [1.82, 2.24) is 4.98 Å². The first-order valence-corrected chi connectivity index (χ1v) is 5.84. The van der Waals surface area contributed by atoms with E-state index in [-0.39, 0.29) is 4.83 Å². The summed E-state index contributed by atoms with van der Waals surface area (Å²) in [7, 11) is 0. The second kappa shape index (κ2) is 4.22. The number of hydrogen-bond acceptors (Lipinski definition) is 2. The largest absolute Gasteiger partial charge is 0.366 e. The van der Waals surface area contributed by atoms with Gasteiger partial charge in [0.05, 0.1) is 21.6 Å². The minimum Gasteiger partial charge on any atom is -0.366 e. The number of fused-ring (bicyclic) bond motifs is 1. The molecule has 1 heterocycles. The Balaban J connectivity index is 2.76. The molecular formula is C12H11BrN2O. The molecule has 2 aromatic rings. The summed E-state index contributed by atoms with van der Waals surface area (Å²) in [6.45, 7) is 1.92. The first-order valence-electron chi connectivity index (χ1n) is 4.93. The van der Waals surface area contributed by atoms with Gasteiger partial charge in [0.15, 0.2) is 0 Å². The molecule has 2 rings (SSSR count). The number of aromatic nitrogens is 1. The molecule has 3 nitrogen and oxygen atoms in total. The van der Waals surface area contributed by atoms with Gasteiger partial charge in [0.1, 0.15) is 0 Å². The number of para-hydroxylation sites is 1. The molecule has 2 N–H and O–H groups in total. The van der Waals surface area contributed by atoms with Crippen LogP contribution in [0, 0.1) is 0 Å². The molecule has 1 aromatic heterocycles. The minimum atomic E-state index is -0.445. The highest BCUT2D eigenvalue weighted by Crippen LogP contribution is 2.26. The van der Waals surface area contributed by atoms with Gasteiger partial charge in [-0.15, -0.1) is 0 Å². The van der Waals surface area contributed by atoms with E-state index in [0.717, 1.165) is 10.9 Å². The van der Waals surface area contributed by atoms with Crippen molar-refractivity contribution in [3.05, 3.63) is 41.6 Å². The van der Waals surface area contributed by atoms with Gasteiger partial charge in [-0.25, -0.2) is 0 Å². The molecule has 0 bridgehead atoms. The van der Waals surface area contributed by atoms with Gasteiger partial charge in [-0.05, 0) is 19.1 Å². The lowest BCUT2D eigenvalue weighted by Gasteiger charge is -2.09. The van der Waals surface area contributed by atoms with Crippen molar-refractivity contribution >= 4 is 32.7 Å². The molecule has 4 heteroatoms. The van der Waals surface area contributed by atoms with E-state index in [1.165, 1.54) is 0 Å². The minimum absolute atomic E-state index is 0.000365. The quantitative estimate of drug-likeness (QED) is 0.859. The molecule has 1 atom stereocenters. The van der Waals surface area contributed by atoms with Crippen molar-refractivity contribution in [2.45, 2.75) is 11.8 Å². The molecule has 0 spiro atoms. The predicted octanol–water partition coefficient (Wildman–Crippen LogP) is 2.79. The summed E-state index contributed by atoms with van der Waals surface area (Å²) in [6.07, 6.45) is 0. The number of carbonyl (C=O) groups excluding carboxylic acids is 1. The Morgan fingerprint density at radius 1 is 1.44 bits per heavy atom. The monoisotopic (exact) mass is 278 g/mol. The van der Waals surface area contributed by atoms with Crippen molar-refractivity contribution in [2.75, 3.05) is 0 Å². The van der Waals surface area contributed by atoms with Crippen LogP contribution in [0.25, 0.3) is 10.9 Å². The number of benzene rings is 1. The average Bonchev–Trinajstić information content (AvgIpc) is 2.27. The number of pyridine rings is 1. The third kappa shape index (κ3) is 1.93. The molecule has 0 unspecified atom stereocenters. The van der Waals surface area contributed by atoms with Crippen LogP contribution < -0.4 is 5.73 Å². The zero-order chi connectivity index (χ0) is 11.7. The Kier molecular flexibility index (Phi) is 2.92. The van der Waals surface area contributed by atoms with Gasteiger partial charge < -0.3 is 5.73 Å². The lowest BCUT2D eigenvalue weighted by Crippen LogP contribution is -2.15. The molecule has 0 saturated heterocycles. The molecule has 0 aliphatic carbocycles. The lowest BCUT2D eigenvalue weighted by molar-refractivity contribution is 0.0999. The molecule has 0 aliphatic rings. The number of carbonyl (C=O) groups is 1. The third-order valence-electron chi connectivity index (χ3n) is 2.40. The van der Waals surface area contributed by atoms with Crippen molar-refractivity contribution in [2.24, 2.45) is 5.73 Å². The third-order valence-corrected chi connectivity index (χ3v) is 2.83. The smallest absolute Gasteiger partial charge is 0.250 e. The number of alkyl halides is 1. The van der Waals surface area contributed by atoms with Crippen molar-refractivity contribution in [3.8, 4) is 0 Å². The highest BCUT2D eigenvalue weighted by molar-refractivity contribution is 9.09. The van der Waals surface area contributed by atoms with Crippen molar-refractivity contribution in [3.63, 3.8) is 0 Å². The number of primary amides is 1. The molecule has 16 heavy (non-hydrogen) atoms. The zero-order valence-electron chi connectivity index (χ0n) is 8.77. The number of nitrogens with two attached hydrogens (primary N) is 1. The predicted molar refractivity (Wildman–Crippen MR) is 67.6 cm³/mol. The summed E-state index contributed by atoms with van der Waals surface area (Å²) < 4.78 is 0. The highest BCUT2D eigenvalue weighted by atomic mass is 79.9. The van der Waals surface area contributed by atoms with E-state index >= 15 is 0 Å². The van der Waals surface area contributed by atoms with Crippen LogP contribution in [0.15, 0.2) is 30.3 Å². The Morgan fingerprint density at radius 3 is 2.75 bits per heavy atom. The first-order chi connectivity index (χ1) is 7.59. The first kappa shape index (κ1) is 11.1. The van der Waals surface area contributed by atoms with E-state index in [4.69, 9.17) is 5.73 Å².